The number of aliphatic hydroxyl groups is 1. The zero-order valence-electron chi connectivity index (χ0n) is 14.1. The van der Waals surface area contributed by atoms with Crippen molar-refractivity contribution >= 4 is 0 Å². The summed E-state index contributed by atoms with van der Waals surface area (Å²) in [5.41, 5.74) is 0.892. The molecule has 0 spiro atoms. The highest BCUT2D eigenvalue weighted by Crippen LogP contribution is 2.26. The topological polar surface area (TPSA) is 49.7 Å². The SMILES string of the molecule is CCCCCCCC(C)CC(O)CC(N=O)c1ccccc1. The molecule has 1 aromatic carbocycles. The number of aliphatic hydroxyl groups excluding tert-OH is 1. The van der Waals surface area contributed by atoms with E-state index in [4.69, 9.17) is 0 Å². The highest BCUT2D eigenvalue weighted by Gasteiger charge is 2.18. The third-order valence-corrected chi connectivity index (χ3v) is 4.28. The minimum absolute atomic E-state index is 0.424. The van der Waals surface area contributed by atoms with Gasteiger partial charge in [-0.25, -0.2) is 0 Å². The maximum absolute atomic E-state index is 11.0. The average molecular weight is 305 g/mol. The largest absolute Gasteiger partial charge is 0.393 e. The Morgan fingerprint density at radius 2 is 1.73 bits per heavy atom. The van der Waals surface area contributed by atoms with Gasteiger partial charge in [0.1, 0.15) is 6.04 Å². The van der Waals surface area contributed by atoms with E-state index in [1.165, 1.54) is 32.1 Å². The van der Waals surface area contributed by atoms with Crippen LogP contribution in [0, 0.1) is 10.8 Å². The van der Waals surface area contributed by atoms with Gasteiger partial charge in [-0.05, 0) is 17.9 Å². The fraction of sp³-hybridized carbons (Fsp3) is 0.684. The lowest BCUT2D eigenvalue weighted by molar-refractivity contribution is 0.126. The standard InChI is InChI=1S/C19H31NO2/c1-3-4-5-6-8-11-16(2)14-18(21)15-19(20-22)17-12-9-7-10-13-17/h7,9-10,12-13,16,18-19,21H,3-6,8,11,14-15H2,1-2H3. The van der Waals surface area contributed by atoms with E-state index in [-0.39, 0.29) is 0 Å². The van der Waals surface area contributed by atoms with Gasteiger partial charge in [-0.3, -0.25) is 0 Å². The normalized spacial score (nSPS) is 15.2. The van der Waals surface area contributed by atoms with Crippen molar-refractivity contribution in [2.24, 2.45) is 11.1 Å². The molecule has 1 aromatic rings. The first-order valence-corrected chi connectivity index (χ1v) is 8.72. The summed E-state index contributed by atoms with van der Waals surface area (Å²) in [5, 5.41) is 13.4. The predicted octanol–water partition coefficient (Wildman–Crippen LogP) is 5.63. The molecule has 3 heteroatoms. The van der Waals surface area contributed by atoms with Crippen molar-refractivity contribution in [1.29, 1.82) is 0 Å². The van der Waals surface area contributed by atoms with Crippen molar-refractivity contribution in [1.82, 2.24) is 0 Å². The molecule has 3 atom stereocenters. The number of hydrogen-bond donors (Lipinski definition) is 1. The third kappa shape index (κ3) is 7.69. The van der Waals surface area contributed by atoms with Crippen LogP contribution in [0.5, 0.6) is 0 Å². The van der Waals surface area contributed by atoms with E-state index >= 15 is 0 Å². The molecule has 0 saturated carbocycles. The van der Waals surface area contributed by atoms with Crippen molar-refractivity contribution in [2.45, 2.75) is 77.4 Å². The summed E-state index contributed by atoms with van der Waals surface area (Å²) in [7, 11) is 0. The molecule has 0 amide bonds. The molecule has 0 fully saturated rings. The van der Waals surface area contributed by atoms with Crippen molar-refractivity contribution in [3.05, 3.63) is 40.8 Å². The van der Waals surface area contributed by atoms with Crippen LogP contribution in [0.2, 0.25) is 0 Å². The molecule has 1 rings (SSSR count). The van der Waals surface area contributed by atoms with E-state index in [0.717, 1.165) is 18.4 Å². The Balaban J connectivity index is 2.28. The van der Waals surface area contributed by atoms with Gasteiger partial charge in [0.2, 0.25) is 0 Å². The highest BCUT2D eigenvalue weighted by atomic mass is 16.3. The molecule has 0 radical (unpaired) electrons. The summed E-state index contributed by atoms with van der Waals surface area (Å²) >= 11 is 0. The number of nitroso groups, excluding NO2 is 1. The van der Waals surface area contributed by atoms with Gasteiger partial charge in [-0.15, -0.1) is 0 Å². The fourth-order valence-corrected chi connectivity index (χ4v) is 2.95. The molecule has 0 aliphatic rings. The number of unbranched alkanes of at least 4 members (excludes halogenated alkanes) is 4. The van der Waals surface area contributed by atoms with E-state index < -0.39 is 12.1 Å². The summed E-state index contributed by atoms with van der Waals surface area (Å²) in [6.07, 6.45) is 8.32. The minimum atomic E-state index is -0.450. The fourth-order valence-electron chi connectivity index (χ4n) is 2.95. The van der Waals surface area contributed by atoms with Crippen molar-refractivity contribution in [3.8, 4) is 0 Å². The molecule has 1 N–H and O–H groups in total. The van der Waals surface area contributed by atoms with E-state index in [0.29, 0.717) is 12.3 Å². The first-order chi connectivity index (χ1) is 10.7. The van der Waals surface area contributed by atoms with Crippen LogP contribution in [-0.2, 0) is 0 Å². The van der Waals surface area contributed by atoms with Gasteiger partial charge in [0.15, 0.2) is 0 Å². The zero-order valence-corrected chi connectivity index (χ0v) is 14.1. The van der Waals surface area contributed by atoms with Crippen molar-refractivity contribution in [3.63, 3.8) is 0 Å². The summed E-state index contributed by atoms with van der Waals surface area (Å²) < 4.78 is 0. The lowest BCUT2D eigenvalue weighted by Crippen LogP contribution is -2.15. The van der Waals surface area contributed by atoms with Gasteiger partial charge in [0.05, 0.1) is 6.10 Å². The van der Waals surface area contributed by atoms with E-state index in [1.54, 1.807) is 0 Å². The zero-order chi connectivity index (χ0) is 16.2. The average Bonchev–Trinajstić information content (AvgIpc) is 2.53. The van der Waals surface area contributed by atoms with Crippen molar-refractivity contribution < 1.29 is 5.11 Å². The Hall–Kier alpha value is -1.22. The lowest BCUT2D eigenvalue weighted by atomic mass is 9.92. The van der Waals surface area contributed by atoms with Gasteiger partial charge >= 0.3 is 0 Å². The summed E-state index contributed by atoms with van der Waals surface area (Å²) in [6.45, 7) is 4.41. The Kier molecular flexibility index (Phi) is 9.72. The number of rotatable bonds is 12. The van der Waals surface area contributed by atoms with Crippen LogP contribution < -0.4 is 0 Å². The number of nitrogens with zero attached hydrogens (tertiary/aromatic N) is 1. The molecule has 0 aliphatic carbocycles. The Bertz CT molecular complexity index is 394. The summed E-state index contributed by atoms with van der Waals surface area (Å²) in [5.74, 6) is 0.500. The van der Waals surface area contributed by atoms with Gasteiger partial charge in [-0.2, -0.15) is 4.91 Å². The van der Waals surface area contributed by atoms with Gasteiger partial charge < -0.3 is 5.11 Å². The Labute approximate surface area is 135 Å². The van der Waals surface area contributed by atoms with Crippen LogP contribution in [-0.4, -0.2) is 11.2 Å². The predicted molar refractivity (Wildman–Crippen MR) is 92.8 cm³/mol. The van der Waals surface area contributed by atoms with E-state index in [9.17, 15) is 10.0 Å². The smallest absolute Gasteiger partial charge is 0.119 e. The third-order valence-electron chi connectivity index (χ3n) is 4.28. The van der Waals surface area contributed by atoms with Crippen LogP contribution in [0.1, 0.15) is 76.8 Å². The first kappa shape index (κ1) is 18.8. The molecule has 3 nitrogen and oxygen atoms in total. The summed E-state index contributed by atoms with van der Waals surface area (Å²) in [6, 6.07) is 9.08. The van der Waals surface area contributed by atoms with Crippen LogP contribution in [0.15, 0.2) is 35.5 Å². The molecule has 0 aliphatic heterocycles. The van der Waals surface area contributed by atoms with Crippen molar-refractivity contribution in [2.75, 3.05) is 0 Å². The number of benzene rings is 1. The second kappa shape index (κ2) is 11.4. The molecular weight excluding hydrogens is 274 g/mol. The van der Waals surface area contributed by atoms with E-state index in [2.05, 4.69) is 19.0 Å². The monoisotopic (exact) mass is 305 g/mol. The summed E-state index contributed by atoms with van der Waals surface area (Å²) in [4.78, 5) is 11.0. The number of hydrogen-bond acceptors (Lipinski definition) is 3. The maximum atomic E-state index is 11.0. The molecular formula is C19H31NO2. The Morgan fingerprint density at radius 1 is 1.05 bits per heavy atom. The molecule has 0 bridgehead atoms. The van der Waals surface area contributed by atoms with E-state index in [1.807, 2.05) is 30.3 Å². The lowest BCUT2D eigenvalue weighted by Gasteiger charge is -2.19. The highest BCUT2D eigenvalue weighted by molar-refractivity contribution is 5.19. The minimum Gasteiger partial charge on any atom is -0.393 e. The van der Waals surface area contributed by atoms with Crippen LogP contribution in [0.4, 0.5) is 0 Å². The maximum Gasteiger partial charge on any atom is 0.119 e. The molecule has 3 unspecified atom stereocenters. The quantitative estimate of drug-likeness (QED) is 0.402. The van der Waals surface area contributed by atoms with Crippen LogP contribution in [0.25, 0.3) is 0 Å². The Morgan fingerprint density at radius 3 is 2.36 bits per heavy atom. The molecule has 124 valence electrons. The van der Waals surface area contributed by atoms with Gasteiger partial charge in [-0.1, -0.05) is 87.9 Å². The second-order valence-electron chi connectivity index (χ2n) is 6.47. The first-order valence-electron chi connectivity index (χ1n) is 8.72. The molecule has 0 heterocycles. The van der Waals surface area contributed by atoms with Crippen LogP contribution >= 0.6 is 0 Å². The molecule has 0 aromatic heterocycles. The second-order valence-corrected chi connectivity index (χ2v) is 6.47. The van der Waals surface area contributed by atoms with Gasteiger partial charge in [0.25, 0.3) is 0 Å². The van der Waals surface area contributed by atoms with Gasteiger partial charge in [0, 0.05) is 6.42 Å². The molecule has 22 heavy (non-hydrogen) atoms. The molecule has 0 saturated heterocycles. The van der Waals surface area contributed by atoms with Crippen LogP contribution in [0.3, 0.4) is 0 Å².